The largest absolute Gasteiger partial charge is 0.333 e. The van der Waals surface area contributed by atoms with Gasteiger partial charge in [-0.15, -0.1) is 6.42 Å². The predicted molar refractivity (Wildman–Crippen MR) is 103 cm³/mol. The zero-order valence-corrected chi connectivity index (χ0v) is 14.6. The molecular formula is C20H17N3O4. The van der Waals surface area contributed by atoms with Crippen molar-refractivity contribution in [2.75, 3.05) is 18.9 Å². The Morgan fingerprint density at radius 1 is 1.26 bits per heavy atom. The van der Waals surface area contributed by atoms with Crippen LogP contribution < -0.4 is 5.32 Å². The Labute approximate surface area is 156 Å². The number of nitro benzene ring substituents is 1. The molecule has 1 N–H and O–H groups in total. The first-order chi connectivity index (χ1) is 12.9. The van der Waals surface area contributed by atoms with Gasteiger partial charge in [0.15, 0.2) is 0 Å². The van der Waals surface area contributed by atoms with Crippen molar-refractivity contribution in [3.05, 3.63) is 75.8 Å². The van der Waals surface area contributed by atoms with Gasteiger partial charge in [0.05, 0.1) is 17.0 Å². The number of amides is 2. The summed E-state index contributed by atoms with van der Waals surface area (Å²) in [6, 6.07) is 12.9. The van der Waals surface area contributed by atoms with Gasteiger partial charge in [-0.25, -0.2) is 0 Å². The SMILES string of the molecule is C#Cc1cccc(NC(=O)CN(C)C(=O)C=Cc2ccccc2[N+](=O)[O-])c1. The summed E-state index contributed by atoms with van der Waals surface area (Å²) in [5, 5.41) is 13.6. The van der Waals surface area contributed by atoms with Crippen LogP contribution >= 0.6 is 0 Å². The molecule has 7 heteroatoms. The van der Waals surface area contributed by atoms with Crippen LogP contribution in [0, 0.1) is 22.5 Å². The van der Waals surface area contributed by atoms with E-state index in [0.29, 0.717) is 16.8 Å². The molecular weight excluding hydrogens is 346 g/mol. The first-order valence-electron chi connectivity index (χ1n) is 7.94. The Morgan fingerprint density at radius 2 is 2.00 bits per heavy atom. The van der Waals surface area contributed by atoms with Crippen LogP contribution in [0.4, 0.5) is 11.4 Å². The zero-order chi connectivity index (χ0) is 19.8. The normalized spacial score (nSPS) is 10.2. The molecule has 2 rings (SSSR count). The molecule has 0 fully saturated rings. The van der Waals surface area contributed by atoms with Crippen LogP contribution in [-0.4, -0.2) is 35.2 Å². The number of nitrogens with one attached hydrogen (secondary N) is 1. The van der Waals surface area contributed by atoms with Crippen molar-refractivity contribution in [3.63, 3.8) is 0 Å². The van der Waals surface area contributed by atoms with Crippen molar-refractivity contribution >= 4 is 29.3 Å². The summed E-state index contributed by atoms with van der Waals surface area (Å²) in [5.41, 5.74) is 1.37. The zero-order valence-electron chi connectivity index (χ0n) is 14.6. The summed E-state index contributed by atoms with van der Waals surface area (Å²) in [5.74, 6) is 1.62. The first kappa shape index (κ1) is 19.4. The van der Waals surface area contributed by atoms with Gasteiger partial charge in [-0.2, -0.15) is 0 Å². The van der Waals surface area contributed by atoms with Crippen LogP contribution in [0.3, 0.4) is 0 Å². The molecule has 0 saturated carbocycles. The van der Waals surface area contributed by atoms with E-state index in [-0.39, 0.29) is 18.1 Å². The molecule has 2 aromatic rings. The molecule has 0 aliphatic heterocycles. The number of hydrogen-bond acceptors (Lipinski definition) is 4. The van der Waals surface area contributed by atoms with E-state index < -0.39 is 10.8 Å². The number of nitrogens with zero attached hydrogens (tertiary/aromatic N) is 2. The lowest BCUT2D eigenvalue weighted by molar-refractivity contribution is -0.385. The fourth-order valence-electron chi connectivity index (χ4n) is 2.26. The molecule has 2 aromatic carbocycles. The van der Waals surface area contributed by atoms with Crippen molar-refractivity contribution in [1.82, 2.24) is 4.90 Å². The monoisotopic (exact) mass is 363 g/mol. The highest BCUT2D eigenvalue weighted by atomic mass is 16.6. The second-order valence-electron chi connectivity index (χ2n) is 5.62. The van der Waals surface area contributed by atoms with E-state index in [2.05, 4.69) is 11.2 Å². The number of carbonyl (C=O) groups is 2. The molecule has 0 heterocycles. The van der Waals surface area contributed by atoms with Crippen LogP contribution in [0.5, 0.6) is 0 Å². The molecule has 27 heavy (non-hydrogen) atoms. The number of likely N-dealkylation sites (N-methyl/N-ethyl adjacent to an activating group) is 1. The minimum Gasteiger partial charge on any atom is -0.333 e. The number of carbonyl (C=O) groups excluding carboxylic acids is 2. The second kappa shape index (κ2) is 8.97. The van der Waals surface area contributed by atoms with Crippen LogP contribution in [-0.2, 0) is 9.59 Å². The number of benzene rings is 2. The van der Waals surface area contributed by atoms with Crippen molar-refractivity contribution in [1.29, 1.82) is 0 Å². The van der Waals surface area contributed by atoms with Crippen molar-refractivity contribution in [2.45, 2.75) is 0 Å². The van der Waals surface area contributed by atoms with E-state index in [1.165, 1.54) is 36.2 Å². The maximum Gasteiger partial charge on any atom is 0.276 e. The number of rotatable bonds is 6. The van der Waals surface area contributed by atoms with Gasteiger partial charge >= 0.3 is 0 Å². The van der Waals surface area contributed by atoms with Crippen molar-refractivity contribution < 1.29 is 14.5 Å². The van der Waals surface area contributed by atoms with Crippen LogP contribution in [0.1, 0.15) is 11.1 Å². The van der Waals surface area contributed by atoms with Crippen LogP contribution in [0.25, 0.3) is 6.08 Å². The fourth-order valence-corrected chi connectivity index (χ4v) is 2.26. The summed E-state index contributed by atoms with van der Waals surface area (Å²) in [6.45, 7) is -0.180. The van der Waals surface area contributed by atoms with E-state index in [1.807, 2.05) is 0 Å². The van der Waals surface area contributed by atoms with E-state index in [4.69, 9.17) is 6.42 Å². The van der Waals surface area contributed by atoms with Gasteiger partial charge in [-0.1, -0.05) is 24.1 Å². The third-order valence-corrected chi connectivity index (χ3v) is 3.61. The number of terminal acetylenes is 1. The average Bonchev–Trinajstić information content (AvgIpc) is 2.66. The van der Waals surface area contributed by atoms with E-state index in [0.717, 1.165) is 0 Å². The molecule has 0 bridgehead atoms. The number of para-hydroxylation sites is 1. The standard InChI is InChI=1S/C20H17N3O4/c1-3-15-7-6-9-17(13-15)21-19(24)14-22(2)20(25)12-11-16-8-4-5-10-18(16)23(26)27/h1,4-13H,14H2,2H3,(H,21,24). The molecule has 0 radical (unpaired) electrons. The van der Waals surface area contributed by atoms with Gasteiger partial charge in [0.1, 0.15) is 0 Å². The predicted octanol–water partition coefficient (Wildman–Crippen LogP) is 2.69. The van der Waals surface area contributed by atoms with Crippen molar-refractivity contribution in [2.24, 2.45) is 0 Å². The molecule has 0 aromatic heterocycles. The van der Waals surface area contributed by atoms with Gasteiger partial charge in [0.25, 0.3) is 5.69 Å². The maximum absolute atomic E-state index is 12.1. The molecule has 136 valence electrons. The molecule has 0 saturated heterocycles. The van der Waals surface area contributed by atoms with Gasteiger partial charge < -0.3 is 10.2 Å². The number of nitro groups is 1. The minimum absolute atomic E-state index is 0.102. The summed E-state index contributed by atoms with van der Waals surface area (Å²) in [7, 11) is 1.46. The summed E-state index contributed by atoms with van der Waals surface area (Å²) in [6.07, 6.45) is 7.86. The lowest BCUT2D eigenvalue weighted by atomic mass is 10.1. The summed E-state index contributed by atoms with van der Waals surface area (Å²) >= 11 is 0. The van der Waals surface area contributed by atoms with Gasteiger partial charge in [-0.3, -0.25) is 19.7 Å². The summed E-state index contributed by atoms with van der Waals surface area (Å²) < 4.78 is 0. The molecule has 0 aliphatic rings. The van der Waals surface area contributed by atoms with Crippen LogP contribution in [0.2, 0.25) is 0 Å². The Bertz CT molecular complexity index is 944. The van der Waals surface area contributed by atoms with E-state index in [1.54, 1.807) is 36.4 Å². The third-order valence-electron chi connectivity index (χ3n) is 3.61. The molecule has 2 amide bonds. The van der Waals surface area contributed by atoms with E-state index in [9.17, 15) is 19.7 Å². The smallest absolute Gasteiger partial charge is 0.276 e. The lowest BCUT2D eigenvalue weighted by Crippen LogP contribution is -2.33. The Balaban J connectivity index is 1.98. The molecule has 0 spiro atoms. The maximum atomic E-state index is 12.1. The minimum atomic E-state index is -0.522. The van der Waals surface area contributed by atoms with Crippen LogP contribution in [0.15, 0.2) is 54.6 Å². The first-order valence-corrected chi connectivity index (χ1v) is 7.94. The molecule has 0 atom stereocenters. The highest BCUT2D eigenvalue weighted by Gasteiger charge is 2.13. The molecule has 0 unspecified atom stereocenters. The van der Waals surface area contributed by atoms with E-state index >= 15 is 0 Å². The van der Waals surface area contributed by atoms with Gasteiger partial charge in [-0.05, 0) is 30.3 Å². The van der Waals surface area contributed by atoms with Gasteiger partial charge in [0.2, 0.25) is 11.8 Å². The second-order valence-corrected chi connectivity index (χ2v) is 5.62. The fraction of sp³-hybridized carbons (Fsp3) is 0.100. The Morgan fingerprint density at radius 3 is 2.70 bits per heavy atom. The quantitative estimate of drug-likeness (QED) is 0.370. The Kier molecular flexibility index (Phi) is 6.44. The number of hydrogen-bond donors (Lipinski definition) is 1. The van der Waals surface area contributed by atoms with Crippen molar-refractivity contribution in [3.8, 4) is 12.3 Å². The third kappa shape index (κ3) is 5.54. The lowest BCUT2D eigenvalue weighted by Gasteiger charge is -2.15. The average molecular weight is 363 g/mol. The Hall–Kier alpha value is -3.92. The highest BCUT2D eigenvalue weighted by molar-refractivity contribution is 5.98. The molecule has 0 aliphatic carbocycles. The molecule has 7 nitrogen and oxygen atoms in total. The van der Waals surface area contributed by atoms with Gasteiger partial charge in [0, 0.05) is 30.4 Å². The topological polar surface area (TPSA) is 92.6 Å². The number of anilines is 1. The highest BCUT2D eigenvalue weighted by Crippen LogP contribution is 2.19. The summed E-state index contributed by atoms with van der Waals surface area (Å²) in [4.78, 5) is 35.9.